The number of carbonyl (C=O) groups excluding carboxylic acids is 1. The van der Waals surface area contributed by atoms with Crippen LogP contribution in [0.2, 0.25) is 0 Å². The Hall–Kier alpha value is -2.12. The lowest BCUT2D eigenvalue weighted by Crippen LogP contribution is -2.26. The van der Waals surface area contributed by atoms with Crippen LogP contribution in [0, 0.1) is 0 Å². The molecule has 4 rings (SSSR count). The van der Waals surface area contributed by atoms with Crippen LogP contribution in [0.5, 0.6) is 11.5 Å². The summed E-state index contributed by atoms with van der Waals surface area (Å²) in [5, 5.41) is 5.32. The number of thiazole rings is 1. The normalized spacial score (nSPS) is 19.6. The van der Waals surface area contributed by atoms with Gasteiger partial charge < -0.3 is 14.2 Å². The number of rotatable bonds is 3. The van der Waals surface area contributed by atoms with Gasteiger partial charge in [-0.3, -0.25) is 10.1 Å². The van der Waals surface area contributed by atoms with Crippen molar-refractivity contribution in [3.63, 3.8) is 0 Å². The summed E-state index contributed by atoms with van der Waals surface area (Å²) in [4.78, 5) is 16.5. The SMILES string of the molecule is O=C(Nc1nc(-c2ccc3c(c2)OCCO3)cs1)C1CCCO1. The molecule has 0 saturated carbocycles. The zero-order valence-electron chi connectivity index (χ0n) is 12.4. The van der Waals surface area contributed by atoms with Crippen molar-refractivity contribution >= 4 is 22.4 Å². The van der Waals surface area contributed by atoms with Crippen LogP contribution in [-0.4, -0.2) is 36.8 Å². The molecule has 0 radical (unpaired) electrons. The smallest absolute Gasteiger partial charge is 0.255 e. The first-order chi connectivity index (χ1) is 11.3. The summed E-state index contributed by atoms with van der Waals surface area (Å²) < 4.78 is 16.5. The number of amides is 1. The van der Waals surface area contributed by atoms with Crippen molar-refractivity contribution in [2.45, 2.75) is 18.9 Å². The van der Waals surface area contributed by atoms with Gasteiger partial charge in [-0.15, -0.1) is 11.3 Å². The molecule has 0 bridgehead atoms. The lowest BCUT2D eigenvalue weighted by atomic mass is 10.1. The molecular weight excluding hydrogens is 316 g/mol. The van der Waals surface area contributed by atoms with E-state index in [4.69, 9.17) is 14.2 Å². The number of nitrogens with zero attached hydrogens (tertiary/aromatic N) is 1. The fraction of sp³-hybridized carbons (Fsp3) is 0.375. The second-order valence-corrected chi connectivity index (χ2v) is 6.25. The van der Waals surface area contributed by atoms with Crippen LogP contribution < -0.4 is 14.8 Å². The van der Waals surface area contributed by atoms with E-state index in [0.29, 0.717) is 25.0 Å². The quantitative estimate of drug-likeness (QED) is 0.936. The molecule has 1 unspecified atom stereocenters. The third-order valence-electron chi connectivity index (χ3n) is 3.79. The first kappa shape index (κ1) is 14.5. The summed E-state index contributed by atoms with van der Waals surface area (Å²) >= 11 is 1.40. The van der Waals surface area contributed by atoms with Crippen molar-refractivity contribution in [2.24, 2.45) is 0 Å². The molecule has 1 atom stereocenters. The molecule has 1 amide bonds. The minimum atomic E-state index is -0.350. The van der Waals surface area contributed by atoms with Crippen LogP contribution in [0.1, 0.15) is 12.8 Å². The van der Waals surface area contributed by atoms with Gasteiger partial charge >= 0.3 is 0 Å². The van der Waals surface area contributed by atoms with Crippen LogP contribution in [0.4, 0.5) is 5.13 Å². The van der Waals surface area contributed by atoms with E-state index in [9.17, 15) is 4.79 Å². The van der Waals surface area contributed by atoms with Gasteiger partial charge in [0.25, 0.3) is 5.91 Å². The van der Waals surface area contributed by atoms with Gasteiger partial charge in [0.1, 0.15) is 19.3 Å². The van der Waals surface area contributed by atoms with Crippen molar-refractivity contribution in [2.75, 3.05) is 25.1 Å². The Kier molecular flexibility index (Phi) is 3.88. The molecule has 0 aliphatic carbocycles. The predicted octanol–water partition coefficient (Wildman–Crippen LogP) is 2.70. The van der Waals surface area contributed by atoms with Gasteiger partial charge in [0, 0.05) is 17.6 Å². The highest BCUT2D eigenvalue weighted by atomic mass is 32.1. The third kappa shape index (κ3) is 3.02. The standard InChI is InChI=1S/C16H16N2O4S/c19-15(13-2-1-5-20-13)18-16-17-11(9-23-16)10-3-4-12-14(8-10)22-7-6-21-12/h3-4,8-9,13H,1-2,5-7H2,(H,17,18,19). The van der Waals surface area contributed by atoms with E-state index in [1.165, 1.54) is 11.3 Å². The first-order valence-electron chi connectivity index (χ1n) is 7.57. The molecule has 1 saturated heterocycles. The Labute approximate surface area is 137 Å². The molecule has 1 aromatic carbocycles. The maximum Gasteiger partial charge on any atom is 0.255 e. The molecule has 1 aromatic heterocycles. The number of hydrogen-bond acceptors (Lipinski definition) is 6. The third-order valence-corrected chi connectivity index (χ3v) is 4.55. The molecule has 7 heteroatoms. The molecule has 2 aromatic rings. The van der Waals surface area contributed by atoms with E-state index >= 15 is 0 Å². The van der Waals surface area contributed by atoms with E-state index in [1.807, 2.05) is 23.6 Å². The highest BCUT2D eigenvalue weighted by molar-refractivity contribution is 7.14. The Morgan fingerprint density at radius 2 is 2.09 bits per heavy atom. The summed E-state index contributed by atoms with van der Waals surface area (Å²) in [6.07, 6.45) is 1.35. The van der Waals surface area contributed by atoms with Gasteiger partial charge in [-0.2, -0.15) is 0 Å². The van der Waals surface area contributed by atoms with E-state index in [-0.39, 0.29) is 12.0 Å². The average molecular weight is 332 g/mol. The highest BCUT2D eigenvalue weighted by Gasteiger charge is 2.24. The minimum absolute atomic E-state index is 0.120. The zero-order chi connectivity index (χ0) is 15.6. The molecular formula is C16H16N2O4S. The Bertz CT molecular complexity index is 725. The molecule has 1 fully saturated rings. The number of fused-ring (bicyclic) bond motifs is 1. The van der Waals surface area contributed by atoms with E-state index in [0.717, 1.165) is 35.6 Å². The van der Waals surface area contributed by atoms with Crippen LogP contribution in [0.25, 0.3) is 11.3 Å². The minimum Gasteiger partial charge on any atom is -0.486 e. The van der Waals surface area contributed by atoms with E-state index in [2.05, 4.69) is 10.3 Å². The number of nitrogens with one attached hydrogen (secondary N) is 1. The molecule has 3 heterocycles. The van der Waals surface area contributed by atoms with Crippen molar-refractivity contribution in [3.8, 4) is 22.8 Å². The van der Waals surface area contributed by atoms with Crippen LogP contribution in [-0.2, 0) is 9.53 Å². The molecule has 2 aliphatic rings. The summed E-state index contributed by atoms with van der Waals surface area (Å²) in [6, 6.07) is 5.73. The van der Waals surface area contributed by atoms with Crippen molar-refractivity contribution in [3.05, 3.63) is 23.6 Å². The molecule has 23 heavy (non-hydrogen) atoms. The number of ether oxygens (including phenoxy) is 3. The maximum atomic E-state index is 12.0. The number of anilines is 1. The summed E-state index contributed by atoms with van der Waals surface area (Å²) in [7, 11) is 0. The largest absolute Gasteiger partial charge is 0.486 e. The van der Waals surface area contributed by atoms with Crippen molar-refractivity contribution in [1.29, 1.82) is 0 Å². The van der Waals surface area contributed by atoms with Crippen LogP contribution in [0.15, 0.2) is 23.6 Å². The summed E-state index contributed by atoms with van der Waals surface area (Å²) in [5.41, 5.74) is 1.73. The lowest BCUT2D eigenvalue weighted by molar-refractivity contribution is -0.124. The monoisotopic (exact) mass is 332 g/mol. The second kappa shape index (κ2) is 6.17. The fourth-order valence-corrected chi connectivity index (χ4v) is 3.36. The number of aromatic nitrogens is 1. The molecule has 0 spiro atoms. The number of benzene rings is 1. The van der Waals surface area contributed by atoms with Crippen molar-refractivity contribution in [1.82, 2.24) is 4.98 Å². The van der Waals surface area contributed by atoms with E-state index in [1.54, 1.807) is 0 Å². The number of hydrogen-bond donors (Lipinski definition) is 1. The molecule has 6 nitrogen and oxygen atoms in total. The maximum absolute atomic E-state index is 12.0. The predicted molar refractivity (Wildman–Crippen MR) is 86.1 cm³/mol. The van der Waals surface area contributed by atoms with Gasteiger partial charge in [-0.05, 0) is 31.0 Å². The summed E-state index contributed by atoms with van der Waals surface area (Å²) in [5.74, 6) is 1.36. The highest BCUT2D eigenvalue weighted by Crippen LogP contribution is 2.35. The van der Waals surface area contributed by atoms with Gasteiger partial charge in [0.05, 0.1) is 5.69 Å². The number of carbonyl (C=O) groups is 1. The lowest BCUT2D eigenvalue weighted by Gasteiger charge is -2.18. The molecule has 1 N–H and O–H groups in total. The fourth-order valence-electron chi connectivity index (χ4n) is 2.64. The van der Waals surface area contributed by atoms with Gasteiger partial charge in [0.15, 0.2) is 16.6 Å². The second-order valence-electron chi connectivity index (χ2n) is 5.39. The Morgan fingerprint density at radius 1 is 1.22 bits per heavy atom. The van der Waals surface area contributed by atoms with Gasteiger partial charge in [-0.25, -0.2) is 4.98 Å². The van der Waals surface area contributed by atoms with Crippen LogP contribution in [0.3, 0.4) is 0 Å². The van der Waals surface area contributed by atoms with E-state index < -0.39 is 0 Å². The average Bonchev–Trinajstić information content (AvgIpc) is 3.26. The Balaban J connectivity index is 1.50. The first-order valence-corrected chi connectivity index (χ1v) is 8.45. The summed E-state index contributed by atoms with van der Waals surface area (Å²) in [6.45, 7) is 1.77. The zero-order valence-corrected chi connectivity index (χ0v) is 13.2. The van der Waals surface area contributed by atoms with Gasteiger partial charge in [-0.1, -0.05) is 0 Å². The van der Waals surface area contributed by atoms with Crippen LogP contribution >= 0.6 is 11.3 Å². The molecule has 120 valence electrons. The van der Waals surface area contributed by atoms with Crippen molar-refractivity contribution < 1.29 is 19.0 Å². The molecule has 2 aliphatic heterocycles. The van der Waals surface area contributed by atoms with Gasteiger partial charge in [0.2, 0.25) is 0 Å². The topological polar surface area (TPSA) is 69.7 Å². The Morgan fingerprint density at radius 3 is 2.91 bits per heavy atom.